The molecule has 0 aliphatic carbocycles. The first-order chi connectivity index (χ1) is 9.15. The molecular formula is C13H16FNO3S. The number of carbonyl (C=O) groups is 1. The lowest BCUT2D eigenvalue weighted by Gasteiger charge is -2.22. The Morgan fingerprint density at radius 1 is 1.42 bits per heavy atom. The van der Waals surface area contributed by atoms with Crippen LogP contribution in [0.5, 0.6) is 0 Å². The fourth-order valence-electron chi connectivity index (χ4n) is 1.92. The SMILES string of the molecule is O=C(CS(=O)c1cccc(F)c1)NC1CCOCC1. The molecule has 1 amide bonds. The summed E-state index contributed by atoms with van der Waals surface area (Å²) >= 11 is 0. The predicted octanol–water partition coefficient (Wildman–Crippen LogP) is 1.23. The van der Waals surface area contributed by atoms with Gasteiger partial charge < -0.3 is 10.1 Å². The second-order valence-electron chi connectivity index (χ2n) is 4.40. The molecule has 1 atom stereocenters. The van der Waals surface area contributed by atoms with Crippen molar-refractivity contribution in [3.05, 3.63) is 30.1 Å². The van der Waals surface area contributed by atoms with Crippen molar-refractivity contribution in [3.63, 3.8) is 0 Å². The highest BCUT2D eigenvalue weighted by molar-refractivity contribution is 7.85. The van der Waals surface area contributed by atoms with Crippen molar-refractivity contribution in [2.24, 2.45) is 0 Å². The standard InChI is InChI=1S/C13H16FNO3S/c14-10-2-1-3-12(8-10)19(17)9-13(16)15-11-4-6-18-7-5-11/h1-3,8,11H,4-7,9H2,(H,15,16). The molecule has 6 heteroatoms. The molecule has 0 radical (unpaired) electrons. The highest BCUT2D eigenvalue weighted by atomic mass is 32.2. The molecule has 1 heterocycles. The molecule has 4 nitrogen and oxygen atoms in total. The molecule has 0 saturated carbocycles. The molecule has 1 aromatic carbocycles. The van der Waals surface area contributed by atoms with Crippen molar-refractivity contribution >= 4 is 16.7 Å². The molecule has 1 unspecified atom stereocenters. The van der Waals surface area contributed by atoms with Gasteiger partial charge in [0, 0.05) is 24.2 Å². The summed E-state index contributed by atoms with van der Waals surface area (Å²) in [6, 6.07) is 5.60. The molecular weight excluding hydrogens is 269 g/mol. The summed E-state index contributed by atoms with van der Waals surface area (Å²) in [5.41, 5.74) is 0. The van der Waals surface area contributed by atoms with Crippen LogP contribution in [-0.4, -0.2) is 35.1 Å². The van der Waals surface area contributed by atoms with E-state index in [9.17, 15) is 13.4 Å². The topological polar surface area (TPSA) is 55.4 Å². The fraction of sp³-hybridized carbons (Fsp3) is 0.462. The van der Waals surface area contributed by atoms with Crippen LogP contribution in [0.25, 0.3) is 0 Å². The quantitative estimate of drug-likeness (QED) is 0.905. The van der Waals surface area contributed by atoms with Crippen molar-refractivity contribution in [2.75, 3.05) is 19.0 Å². The van der Waals surface area contributed by atoms with Gasteiger partial charge in [0.05, 0.1) is 10.8 Å². The summed E-state index contributed by atoms with van der Waals surface area (Å²) in [6.07, 6.45) is 1.55. The maximum Gasteiger partial charge on any atom is 0.233 e. The van der Waals surface area contributed by atoms with Gasteiger partial charge >= 0.3 is 0 Å². The minimum absolute atomic E-state index is 0.0887. The van der Waals surface area contributed by atoms with Gasteiger partial charge in [-0.15, -0.1) is 0 Å². The van der Waals surface area contributed by atoms with E-state index in [0.29, 0.717) is 18.1 Å². The average molecular weight is 285 g/mol. The smallest absolute Gasteiger partial charge is 0.233 e. The van der Waals surface area contributed by atoms with Crippen LogP contribution in [0.2, 0.25) is 0 Å². The van der Waals surface area contributed by atoms with Crippen molar-refractivity contribution < 1.29 is 18.1 Å². The molecule has 1 fully saturated rings. The Kier molecular flexibility index (Phi) is 5.04. The Bertz CT molecular complexity index is 475. The summed E-state index contributed by atoms with van der Waals surface area (Å²) < 4.78 is 30.1. The van der Waals surface area contributed by atoms with Crippen molar-refractivity contribution in [1.82, 2.24) is 5.32 Å². The number of rotatable bonds is 4. The first-order valence-electron chi connectivity index (χ1n) is 6.16. The molecule has 1 N–H and O–H groups in total. The highest BCUT2D eigenvalue weighted by Crippen LogP contribution is 2.10. The van der Waals surface area contributed by atoms with Gasteiger partial charge in [-0.25, -0.2) is 4.39 Å². The van der Waals surface area contributed by atoms with Crippen LogP contribution >= 0.6 is 0 Å². The van der Waals surface area contributed by atoms with Gasteiger partial charge in [0.15, 0.2) is 0 Å². The van der Waals surface area contributed by atoms with Crippen molar-refractivity contribution in [3.8, 4) is 0 Å². The zero-order valence-electron chi connectivity index (χ0n) is 10.4. The number of benzene rings is 1. The largest absolute Gasteiger partial charge is 0.381 e. The Morgan fingerprint density at radius 3 is 2.84 bits per heavy atom. The molecule has 0 bridgehead atoms. The molecule has 1 aliphatic rings. The van der Waals surface area contributed by atoms with Crippen LogP contribution < -0.4 is 5.32 Å². The molecule has 1 aliphatic heterocycles. The number of hydrogen-bond acceptors (Lipinski definition) is 3. The zero-order valence-corrected chi connectivity index (χ0v) is 11.2. The summed E-state index contributed by atoms with van der Waals surface area (Å²) in [6.45, 7) is 1.27. The normalized spacial score (nSPS) is 17.9. The Balaban J connectivity index is 1.86. The van der Waals surface area contributed by atoms with Crippen LogP contribution in [0.4, 0.5) is 4.39 Å². The number of ether oxygens (including phenoxy) is 1. The van der Waals surface area contributed by atoms with E-state index >= 15 is 0 Å². The summed E-state index contributed by atoms with van der Waals surface area (Å²) in [4.78, 5) is 12.1. The Labute approximate surface area is 113 Å². The second kappa shape index (κ2) is 6.77. The van der Waals surface area contributed by atoms with Crippen molar-refractivity contribution in [2.45, 2.75) is 23.8 Å². The van der Waals surface area contributed by atoms with E-state index in [1.807, 2.05) is 0 Å². The number of amides is 1. The zero-order chi connectivity index (χ0) is 13.7. The molecule has 19 heavy (non-hydrogen) atoms. The summed E-state index contributed by atoms with van der Waals surface area (Å²) in [5, 5.41) is 2.83. The molecule has 104 valence electrons. The average Bonchev–Trinajstić information content (AvgIpc) is 2.39. The lowest BCUT2D eigenvalue weighted by molar-refractivity contribution is -0.119. The van der Waals surface area contributed by atoms with E-state index in [2.05, 4.69) is 5.32 Å². The fourth-order valence-corrected chi connectivity index (χ4v) is 2.88. The molecule has 2 rings (SSSR count). The maximum atomic E-state index is 13.0. The van der Waals surface area contributed by atoms with Gasteiger partial charge in [-0.3, -0.25) is 9.00 Å². The van der Waals surface area contributed by atoms with E-state index in [-0.39, 0.29) is 17.7 Å². The number of halogens is 1. The third kappa shape index (κ3) is 4.40. The van der Waals surface area contributed by atoms with E-state index in [4.69, 9.17) is 4.74 Å². The third-order valence-electron chi connectivity index (χ3n) is 2.91. The van der Waals surface area contributed by atoms with E-state index in [1.54, 1.807) is 6.07 Å². The number of hydrogen-bond donors (Lipinski definition) is 1. The van der Waals surface area contributed by atoms with Crippen molar-refractivity contribution in [1.29, 1.82) is 0 Å². The lowest BCUT2D eigenvalue weighted by Crippen LogP contribution is -2.40. The Morgan fingerprint density at radius 2 is 2.16 bits per heavy atom. The number of nitrogens with one attached hydrogen (secondary N) is 1. The van der Waals surface area contributed by atoms with Gasteiger partial charge in [-0.05, 0) is 31.0 Å². The molecule has 0 spiro atoms. The predicted molar refractivity (Wildman–Crippen MR) is 69.7 cm³/mol. The maximum absolute atomic E-state index is 13.0. The van der Waals surface area contributed by atoms with Crippen LogP contribution in [0, 0.1) is 5.82 Å². The first kappa shape index (κ1) is 14.1. The highest BCUT2D eigenvalue weighted by Gasteiger charge is 2.18. The lowest BCUT2D eigenvalue weighted by atomic mass is 10.1. The molecule has 0 aromatic heterocycles. The molecule has 1 saturated heterocycles. The van der Waals surface area contributed by atoms with E-state index < -0.39 is 16.6 Å². The van der Waals surface area contributed by atoms with Crippen LogP contribution in [0.1, 0.15) is 12.8 Å². The first-order valence-corrected chi connectivity index (χ1v) is 7.48. The minimum atomic E-state index is -1.51. The summed E-state index contributed by atoms with van der Waals surface area (Å²) in [7, 11) is -1.51. The minimum Gasteiger partial charge on any atom is -0.381 e. The van der Waals surface area contributed by atoms with Gasteiger partial charge in [-0.2, -0.15) is 0 Å². The Hall–Kier alpha value is -1.27. The molecule has 1 aromatic rings. The van der Waals surface area contributed by atoms with Gasteiger partial charge in [0.25, 0.3) is 0 Å². The monoisotopic (exact) mass is 285 g/mol. The van der Waals surface area contributed by atoms with Crippen LogP contribution in [-0.2, 0) is 20.3 Å². The van der Waals surface area contributed by atoms with Crippen LogP contribution in [0.15, 0.2) is 29.2 Å². The van der Waals surface area contributed by atoms with Crippen LogP contribution in [0.3, 0.4) is 0 Å². The summed E-state index contributed by atoms with van der Waals surface area (Å²) in [5.74, 6) is -0.856. The van der Waals surface area contributed by atoms with Gasteiger partial charge in [0.2, 0.25) is 5.91 Å². The second-order valence-corrected chi connectivity index (χ2v) is 5.85. The van der Waals surface area contributed by atoms with Gasteiger partial charge in [0.1, 0.15) is 11.6 Å². The van der Waals surface area contributed by atoms with E-state index in [0.717, 1.165) is 12.8 Å². The van der Waals surface area contributed by atoms with Gasteiger partial charge in [-0.1, -0.05) is 6.07 Å². The third-order valence-corrected chi connectivity index (χ3v) is 4.21. The number of carbonyl (C=O) groups excluding carboxylic acids is 1. The van der Waals surface area contributed by atoms with E-state index in [1.165, 1.54) is 18.2 Å².